The number of carbonyl (C=O) groups excluding carboxylic acids is 1. The summed E-state index contributed by atoms with van der Waals surface area (Å²) in [7, 11) is 0. The quantitative estimate of drug-likeness (QED) is 0.733. The third kappa shape index (κ3) is 3.95. The molecule has 3 N–H and O–H groups in total. The van der Waals surface area contributed by atoms with Gasteiger partial charge in [0.2, 0.25) is 5.91 Å². The lowest BCUT2D eigenvalue weighted by atomic mass is 10.0. The van der Waals surface area contributed by atoms with Gasteiger partial charge in [0.1, 0.15) is 5.82 Å². The molecule has 6 heteroatoms. The predicted octanol–water partition coefficient (Wildman–Crippen LogP) is 3.74. The number of aromatic nitrogens is 2. The largest absolute Gasteiger partial charge is 0.366 e. The van der Waals surface area contributed by atoms with Crippen molar-refractivity contribution < 1.29 is 4.79 Å². The molecule has 0 spiro atoms. The Morgan fingerprint density at radius 1 is 1.16 bits per heavy atom. The maximum atomic E-state index is 11.3. The molecular formula is C19H17ClN4O. The summed E-state index contributed by atoms with van der Waals surface area (Å²) in [6, 6.07) is 15.1. The Morgan fingerprint density at radius 2 is 2.00 bits per heavy atom. The molecular weight excluding hydrogens is 336 g/mol. The molecule has 126 valence electrons. The van der Waals surface area contributed by atoms with E-state index in [2.05, 4.69) is 21.4 Å². The van der Waals surface area contributed by atoms with Crippen LogP contribution >= 0.6 is 11.6 Å². The lowest BCUT2D eigenvalue weighted by Gasteiger charge is -2.20. The van der Waals surface area contributed by atoms with Crippen LogP contribution in [0.2, 0.25) is 5.02 Å². The number of primary amides is 1. The molecule has 0 aliphatic rings. The minimum atomic E-state index is -0.569. The fourth-order valence-corrected chi connectivity index (χ4v) is 2.76. The highest BCUT2D eigenvalue weighted by molar-refractivity contribution is 6.33. The number of carbonyl (C=O) groups is 1. The zero-order valence-electron chi connectivity index (χ0n) is 13.6. The van der Waals surface area contributed by atoms with Crippen LogP contribution in [0.5, 0.6) is 0 Å². The fourth-order valence-electron chi connectivity index (χ4n) is 2.54. The highest BCUT2D eigenvalue weighted by Crippen LogP contribution is 2.29. The molecule has 5 nitrogen and oxygen atoms in total. The molecule has 1 amide bonds. The molecule has 3 aromatic rings. The van der Waals surface area contributed by atoms with Crippen molar-refractivity contribution in [1.29, 1.82) is 0 Å². The van der Waals surface area contributed by atoms with Gasteiger partial charge in [-0.1, -0.05) is 47.5 Å². The van der Waals surface area contributed by atoms with Gasteiger partial charge in [0.05, 0.1) is 22.3 Å². The maximum absolute atomic E-state index is 11.3. The summed E-state index contributed by atoms with van der Waals surface area (Å²) in [6.45, 7) is 2.03. The van der Waals surface area contributed by atoms with Crippen LogP contribution < -0.4 is 11.1 Å². The van der Waals surface area contributed by atoms with Gasteiger partial charge in [-0.25, -0.2) is 4.98 Å². The number of benzene rings is 1. The number of anilines is 1. The van der Waals surface area contributed by atoms with Crippen molar-refractivity contribution in [2.75, 3.05) is 5.32 Å². The average molecular weight is 353 g/mol. The van der Waals surface area contributed by atoms with E-state index < -0.39 is 5.91 Å². The van der Waals surface area contributed by atoms with E-state index in [0.717, 1.165) is 16.8 Å². The number of halogens is 1. The first-order valence-electron chi connectivity index (χ1n) is 7.74. The standard InChI is InChI=1S/C19H17ClN4O/c1-12-5-4-6-13(9-12)17(16-7-2-3-8-22-16)24-19-15(20)10-14(11-23-19)18(21)25/h2-11,17H,1H3,(H2,21,25)(H,23,24). The average Bonchev–Trinajstić information content (AvgIpc) is 2.61. The van der Waals surface area contributed by atoms with Crippen molar-refractivity contribution >= 4 is 23.3 Å². The molecule has 0 aliphatic heterocycles. The van der Waals surface area contributed by atoms with Crippen molar-refractivity contribution in [1.82, 2.24) is 9.97 Å². The molecule has 25 heavy (non-hydrogen) atoms. The number of hydrogen-bond donors (Lipinski definition) is 2. The second kappa shape index (κ2) is 7.32. The molecule has 0 bridgehead atoms. The van der Waals surface area contributed by atoms with Crippen LogP contribution in [0.25, 0.3) is 0 Å². The normalized spacial score (nSPS) is 11.8. The molecule has 3 rings (SSSR count). The summed E-state index contributed by atoms with van der Waals surface area (Å²) >= 11 is 6.27. The van der Waals surface area contributed by atoms with E-state index in [-0.39, 0.29) is 11.6 Å². The summed E-state index contributed by atoms with van der Waals surface area (Å²) in [4.78, 5) is 20.0. The van der Waals surface area contributed by atoms with Gasteiger partial charge < -0.3 is 11.1 Å². The number of amides is 1. The van der Waals surface area contributed by atoms with Crippen molar-refractivity contribution in [3.63, 3.8) is 0 Å². The van der Waals surface area contributed by atoms with Gasteiger partial charge in [-0.05, 0) is 30.7 Å². The van der Waals surface area contributed by atoms with Crippen LogP contribution in [0.15, 0.2) is 60.9 Å². The fraction of sp³-hybridized carbons (Fsp3) is 0.105. The lowest BCUT2D eigenvalue weighted by Crippen LogP contribution is -2.16. The van der Waals surface area contributed by atoms with Gasteiger partial charge in [0.15, 0.2) is 0 Å². The second-order valence-corrected chi connectivity index (χ2v) is 6.07. The molecule has 1 atom stereocenters. The Hall–Kier alpha value is -2.92. The first kappa shape index (κ1) is 16.9. The van der Waals surface area contributed by atoms with Crippen molar-refractivity contribution in [3.8, 4) is 0 Å². The van der Waals surface area contributed by atoms with Crippen LogP contribution in [0, 0.1) is 6.92 Å². The van der Waals surface area contributed by atoms with Crippen molar-refractivity contribution in [2.24, 2.45) is 5.73 Å². The van der Waals surface area contributed by atoms with Crippen LogP contribution in [-0.2, 0) is 0 Å². The highest BCUT2D eigenvalue weighted by Gasteiger charge is 2.18. The molecule has 2 heterocycles. The third-order valence-electron chi connectivity index (χ3n) is 3.77. The Balaban J connectivity index is 2.00. The van der Waals surface area contributed by atoms with Gasteiger partial charge in [-0.3, -0.25) is 9.78 Å². The zero-order chi connectivity index (χ0) is 17.8. The number of rotatable bonds is 5. The van der Waals surface area contributed by atoms with E-state index >= 15 is 0 Å². The number of aryl methyl sites for hydroxylation is 1. The van der Waals surface area contributed by atoms with E-state index in [0.29, 0.717) is 10.8 Å². The minimum Gasteiger partial charge on any atom is -0.366 e. The molecule has 1 aromatic carbocycles. The van der Waals surface area contributed by atoms with Crippen LogP contribution in [0.1, 0.15) is 33.2 Å². The number of hydrogen-bond acceptors (Lipinski definition) is 4. The minimum absolute atomic E-state index is 0.231. The Kier molecular flexibility index (Phi) is 4.95. The molecule has 0 fully saturated rings. The molecule has 0 saturated carbocycles. The summed E-state index contributed by atoms with van der Waals surface area (Å²) in [6.07, 6.45) is 3.15. The van der Waals surface area contributed by atoms with Crippen LogP contribution in [0.3, 0.4) is 0 Å². The molecule has 2 aromatic heterocycles. The Labute approximate surface area is 150 Å². The van der Waals surface area contributed by atoms with Gasteiger partial charge in [0.25, 0.3) is 0 Å². The summed E-state index contributed by atoms with van der Waals surface area (Å²) < 4.78 is 0. The van der Waals surface area contributed by atoms with Gasteiger partial charge >= 0.3 is 0 Å². The molecule has 1 unspecified atom stereocenters. The van der Waals surface area contributed by atoms with Gasteiger partial charge in [-0.2, -0.15) is 0 Å². The van der Waals surface area contributed by atoms with E-state index in [1.54, 1.807) is 6.20 Å². The highest BCUT2D eigenvalue weighted by atomic mass is 35.5. The topological polar surface area (TPSA) is 80.9 Å². The molecule has 0 aliphatic carbocycles. The molecule has 0 saturated heterocycles. The Morgan fingerprint density at radius 3 is 2.64 bits per heavy atom. The van der Waals surface area contributed by atoms with E-state index in [4.69, 9.17) is 17.3 Å². The first-order valence-corrected chi connectivity index (χ1v) is 8.12. The number of nitrogens with two attached hydrogens (primary N) is 1. The Bertz CT molecular complexity index is 899. The lowest BCUT2D eigenvalue weighted by molar-refractivity contribution is 0.1000. The van der Waals surface area contributed by atoms with Gasteiger partial charge in [-0.15, -0.1) is 0 Å². The van der Waals surface area contributed by atoms with E-state index in [1.165, 1.54) is 12.3 Å². The first-order chi connectivity index (χ1) is 12.0. The van der Waals surface area contributed by atoms with E-state index in [9.17, 15) is 4.79 Å². The number of nitrogens with one attached hydrogen (secondary N) is 1. The van der Waals surface area contributed by atoms with E-state index in [1.807, 2.05) is 43.3 Å². The zero-order valence-corrected chi connectivity index (χ0v) is 14.4. The van der Waals surface area contributed by atoms with Gasteiger partial charge in [0, 0.05) is 12.4 Å². The van der Waals surface area contributed by atoms with Crippen LogP contribution in [-0.4, -0.2) is 15.9 Å². The summed E-state index contributed by atoms with van der Waals surface area (Å²) in [5.74, 6) is -0.107. The smallest absolute Gasteiger partial charge is 0.250 e. The maximum Gasteiger partial charge on any atom is 0.250 e. The summed E-state index contributed by atoms with van der Waals surface area (Å²) in [5.41, 5.74) is 8.55. The van der Waals surface area contributed by atoms with Crippen molar-refractivity contribution in [2.45, 2.75) is 13.0 Å². The third-order valence-corrected chi connectivity index (χ3v) is 4.05. The predicted molar refractivity (Wildman–Crippen MR) is 98.6 cm³/mol. The molecule has 0 radical (unpaired) electrons. The van der Waals surface area contributed by atoms with Crippen molar-refractivity contribution in [3.05, 3.63) is 88.3 Å². The number of nitrogens with zero attached hydrogens (tertiary/aromatic N) is 2. The second-order valence-electron chi connectivity index (χ2n) is 5.66. The monoisotopic (exact) mass is 352 g/mol. The SMILES string of the molecule is Cc1cccc(C(Nc2ncc(C(N)=O)cc2Cl)c2ccccn2)c1. The summed E-state index contributed by atoms with van der Waals surface area (Å²) in [5, 5.41) is 3.64. The van der Waals surface area contributed by atoms with Crippen LogP contribution in [0.4, 0.5) is 5.82 Å². The number of pyridine rings is 2.